The van der Waals surface area contributed by atoms with Gasteiger partial charge < -0.3 is 20.5 Å². The van der Waals surface area contributed by atoms with Gasteiger partial charge in [-0.05, 0) is 29.3 Å². The fourth-order valence-electron chi connectivity index (χ4n) is 2.60. The van der Waals surface area contributed by atoms with Crippen LogP contribution in [0.25, 0.3) is 11.1 Å². The van der Waals surface area contributed by atoms with E-state index in [1.165, 1.54) is 7.11 Å². The molecule has 0 saturated heterocycles. The summed E-state index contributed by atoms with van der Waals surface area (Å²) in [6, 6.07) is 22.4. The molecule has 0 radical (unpaired) electrons. The molecule has 0 spiro atoms. The molecule has 5 heteroatoms. The fourth-order valence-corrected chi connectivity index (χ4v) is 2.60. The first-order valence-electron chi connectivity index (χ1n) is 8.22. The Labute approximate surface area is 152 Å². The number of anilines is 1. The maximum absolute atomic E-state index is 12.1. The Bertz CT molecular complexity index is 878. The molecule has 0 saturated carbocycles. The van der Waals surface area contributed by atoms with Crippen LogP contribution in [0.15, 0.2) is 72.8 Å². The lowest BCUT2D eigenvalue weighted by molar-refractivity contribution is 0.251. The fraction of sp³-hybridized carbons (Fsp3) is 0.0952. The van der Waals surface area contributed by atoms with Crippen LogP contribution in [0.1, 0.15) is 5.56 Å². The molecule has 5 nitrogen and oxygen atoms in total. The van der Waals surface area contributed by atoms with Crippen molar-refractivity contribution in [2.24, 2.45) is 0 Å². The van der Waals surface area contributed by atoms with E-state index in [-0.39, 0.29) is 18.3 Å². The predicted molar refractivity (Wildman–Crippen MR) is 102 cm³/mol. The topological polar surface area (TPSA) is 70.6 Å². The van der Waals surface area contributed by atoms with Crippen molar-refractivity contribution in [3.8, 4) is 22.6 Å². The molecule has 0 heterocycles. The molecule has 3 aromatic rings. The molecule has 26 heavy (non-hydrogen) atoms. The lowest BCUT2D eigenvalue weighted by Gasteiger charge is -2.11. The minimum atomic E-state index is -0.348. The van der Waals surface area contributed by atoms with Gasteiger partial charge in [0, 0.05) is 17.8 Å². The van der Waals surface area contributed by atoms with Crippen molar-refractivity contribution < 1.29 is 14.6 Å². The van der Waals surface area contributed by atoms with Crippen molar-refractivity contribution in [1.29, 1.82) is 0 Å². The first-order valence-corrected chi connectivity index (χ1v) is 8.22. The summed E-state index contributed by atoms with van der Waals surface area (Å²) in [6.45, 7) is 0.191. The molecule has 0 aliphatic carbocycles. The van der Waals surface area contributed by atoms with Gasteiger partial charge in [-0.1, -0.05) is 54.6 Å². The number of phenols is 1. The molecular formula is C21H20N2O3. The quantitative estimate of drug-likeness (QED) is 0.640. The van der Waals surface area contributed by atoms with E-state index in [1.807, 2.05) is 54.6 Å². The second-order valence-corrected chi connectivity index (χ2v) is 5.72. The number of methoxy groups -OCH3 is 1. The Morgan fingerprint density at radius 2 is 1.62 bits per heavy atom. The third kappa shape index (κ3) is 4.13. The smallest absolute Gasteiger partial charge is 0.319 e. The van der Waals surface area contributed by atoms with Gasteiger partial charge in [0.05, 0.1) is 7.11 Å². The summed E-state index contributed by atoms with van der Waals surface area (Å²) in [5, 5.41) is 15.5. The number of carbonyl (C=O) groups excluding carboxylic acids is 1. The highest BCUT2D eigenvalue weighted by molar-refractivity contribution is 5.89. The number of amides is 2. The van der Waals surface area contributed by atoms with Crippen LogP contribution in [0.2, 0.25) is 0 Å². The summed E-state index contributed by atoms with van der Waals surface area (Å²) >= 11 is 0. The van der Waals surface area contributed by atoms with E-state index in [4.69, 9.17) is 4.74 Å². The Morgan fingerprint density at radius 1 is 0.923 bits per heavy atom. The highest BCUT2D eigenvalue weighted by Gasteiger charge is 2.09. The van der Waals surface area contributed by atoms with Crippen molar-refractivity contribution in [2.75, 3.05) is 12.4 Å². The Morgan fingerprint density at radius 3 is 2.31 bits per heavy atom. The predicted octanol–water partition coefficient (Wildman–Crippen LogP) is 4.39. The monoisotopic (exact) mass is 348 g/mol. The number of benzene rings is 3. The van der Waals surface area contributed by atoms with Crippen LogP contribution in [-0.4, -0.2) is 18.2 Å². The third-order valence-electron chi connectivity index (χ3n) is 3.99. The van der Waals surface area contributed by atoms with Gasteiger partial charge in [-0.15, -0.1) is 0 Å². The summed E-state index contributed by atoms with van der Waals surface area (Å²) in [4.78, 5) is 12.1. The highest BCUT2D eigenvalue weighted by atomic mass is 16.5. The zero-order valence-corrected chi connectivity index (χ0v) is 14.4. The SMILES string of the molecule is COc1cccc(CNC(=O)Nc2ccc(-c3ccccc3)cc2)c1O. The number of rotatable bonds is 5. The van der Waals surface area contributed by atoms with E-state index in [2.05, 4.69) is 10.6 Å². The summed E-state index contributed by atoms with van der Waals surface area (Å²) in [5.74, 6) is 0.406. The normalized spacial score (nSPS) is 10.2. The van der Waals surface area contributed by atoms with Crippen molar-refractivity contribution >= 4 is 11.7 Å². The molecule has 0 bridgehead atoms. The van der Waals surface area contributed by atoms with E-state index in [1.54, 1.807) is 18.2 Å². The lowest BCUT2D eigenvalue weighted by atomic mass is 10.1. The number of nitrogens with one attached hydrogen (secondary N) is 2. The van der Waals surface area contributed by atoms with E-state index >= 15 is 0 Å². The van der Waals surface area contributed by atoms with Crippen molar-refractivity contribution in [3.63, 3.8) is 0 Å². The largest absolute Gasteiger partial charge is 0.504 e. The van der Waals surface area contributed by atoms with Gasteiger partial charge in [-0.25, -0.2) is 4.79 Å². The molecule has 3 rings (SSSR count). The van der Waals surface area contributed by atoms with E-state index in [0.29, 0.717) is 17.0 Å². The standard InChI is InChI=1S/C21H20N2O3/c1-26-19-9-5-8-17(20(19)24)14-22-21(25)23-18-12-10-16(11-13-18)15-6-3-2-4-7-15/h2-13,24H,14H2,1H3,(H2,22,23,25). The Kier molecular flexibility index (Phi) is 5.39. The first kappa shape index (κ1) is 17.4. The second-order valence-electron chi connectivity index (χ2n) is 5.72. The summed E-state index contributed by atoms with van der Waals surface area (Å²) in [5.41, 5.74) is 3.48. The number of hydrogen-bond donors (Lipinski definition) is 3. The minimum Gasteiger partial charge on any atom is -0.504 e. The number of urea groups is 1. The first-order chi connectivity index (χ1) is 12.7. The molecule has 0 fully saturated rings. The van der Waals surface area contributed by atoms with Crippen LogP contribution in [0, 0.1) is 0 Å². The number of ether oxygens (including phenoxy) is 1. The maximum atomic E-state index is 12.1. The van der Waals surface area contributed by atoms with Gasteiger partial charge in [-0.2, -0.15) is 0 Å². The number of hydrogen-bond acceptors (Lipinski definition) is 3. The molecule has 0 aliphatic heterocycles. The summed E-state index contributed by atoms with van der Waals surface area (Å²) in [7, 11) is 1.48. The number of aromatic hydroxyl groups is 1. The zero-order chi connectivity index (χ0) is 18.4. The van der Waals surface area contributed by atoms with Crippen LogP contribution in [0.4, 0.5) is 10.5 Å². The lowest BCUT2D eigenvalue weighted by Crippen LogP contribution is -2.28. The van der Waals surface area contributed by atoms with Gasteiger partial charge in [0.15, 0.2) is 11.5 Å². The van der Waals surface area contributed by atoms with Gasteiger partial charge in [0.1, 0.15) is 0 Å². The van der Waals surface area contributed by atoms with Crippen LogP contribution in [-0.2, 0) is 6.54 Å². The summed E-state index contributed by atoms with van der Waals surface area (Å²) in [6.07, 6.45) is 0. The molecule has 3 aromatic carbocycles. The van der Waals surface area contributed by atoms with Crippen LogP contribution in [0.5, 0.6) is 11.5 Å². The number of phenolic OH excluding ortho intramolecular Hbond substituents is 1. The molecule has 3 N–H and O–H groups in total. The molecular weight excluding hydrogens is 328 g/mol. The van der Waals surface area contributed by atoms with Crippen molar-refractivity contribution in [1.82, 2.24) is 5.32 Å². The van der Waals surface area contributed by atoms with Gasteiger partial charge in [0.2, 0.25) is 0 Å². The van der Waals surface area contributed by atoms with E-state index in [9.17, 15) is 9.90 Å². The molecule has 0 unspecified atom stereocenters. The molecule has 0 aromatic heterocycles. The van der Waals surface area contributed by atoms with E-state index < -0.39 is 0 Å². The van der Waals surface area contributed by atoms with Crippen molar-refractivity contribution in [2.45, 2.75) is 6.54 Å². The maximum Gasteiger partial charge on any atom is 0.319 e. The van der Waals surface area contributed by atoms with Crippen LogP contribution < -0.4 is 15.4 Å². The highest BCUT2D eigenvalue weighted by Crippen LogP contribution is 2.29. The molecule has 0 atom stereocenters. The molecule has 132 valence electrons. The minimum absolute atomic E-state index is 0.0301. The average molecular weight is 348 g/mol. The van der Waals surface area contributed by atoms with Gasteiger partial charge in [-0.3, -0.25) is 0 Å². The van der Waals surface area contributed by atoms with E-state index in [0.717, 1.165) is 11.1 Å². The Hall–Kier alpha value is -3.47. The molecule has 2 amide bonds. The Balaban J connectivity index is 1.58. The van der Waals surface area contributed by atoms with Crippen LogP contribution >= 0.6 is 0 Å². The number of para-hydroxylation sites is 1. The summed E-state index contributed by atoms with van der Waals surface area (Å²) < 4.78 is 5.06. The zero-order valence-electron chi connectivity index (χ0n) is 14.4. The van der Waals surface area contributed by atoms with Crippen LogP contribution in [0.3, 0.4) is 0 Å². The molecule has 0 aliphatic rings. The second kappa shape index (κ2) is 8.07. The van der Waals surface area contributed by atoms with Crippen molar-refractivity contribution in [3.05, 3.63) is 78.4 Å². The van der Waals surface area contributed by atoms with Gasteiger partial charge >= 0.3 is 6.03 Å². The van der Waals surface area contributed by atoms with Gasteiger partial charge in [0.25, 0.3) is 0 Å². The third-order valence-corrected chi connectivity index (χ3v) is 3.99. The average Bonchev–Trinajstić information content (AvgIpc) is 2.68. The number of carbonyl (C=O) groups is 1.